The van der Waals surface area contributed by atoms with Crippen LogP contribution in [0.5, 0.6) is 5.75 Å². The van der Waals surface area contributed by atoms with Crippen molar-refractivity contribution in [1.29, 1.82) is 0 Å². The lowest BCUT2D eigenvalue weighted by atomic mass is 9.92. The van der Waals surface area contributed by atoms with Gasteiger partial charge in [0, 0.05) is 13.1 Å². The molecule has 0 spiro atoms. The summed E-state index contributed by atoms with van der Waals surface area (Å²) in [5.74, 6) is -1.25. The number of aliphatic hydroxyl groups excluding tert-OH is 1. The summed E-state index contributed by atoms with van der Waals surface area (Å²) < 4.78 is 0. The van der Waals surface area contributed by atoms with E-state index >= 15 is 0 Å². The lowest BCUT2D eigenvalue weighted by molar-refractivity contribution is -0.129. The minimum absolute atomic E-state index is 0.0748. The number of rotatable bonds is 8. The molecule has 172 valence electrons. The highest BCUT2D eigenvalue weighted by molar-refractivity contribution is 7.14. The highest BCUT2D eigenvalue weighted by Crippen LogP contribution is 2.41. The third-order valence-electron chi connectivity index (χ3n) is 6.04. The predicted octanol–water partition coefficient (Wildman–Crippen LogP) is 4.00. The maximum absolute atomic E-state index is 13.6. The number of Topliss-reactive ketones (excluding diaryl/α,β-unsaturated/α-hetero) is 1. The van der Waals surface area contributed by atoms with Crippen molar-refractivity contribution in [2.45, 2.75) is 47.6 Å². The number of nitrogens with zero attached hydrogens (tertiary/aromatic N) is 3. The molecule has 0 bridgehead atoms. The number of aromatic nitrogens is 1. The van der Waals surface area contributed by atoms with Gasteiger partial charge < -0.3 is 20.0 Å². The van der Waals surface area contributed by atoms with Crippen LogP contribution >= 0.6 is 11.3 Å². The van der Waals surface area contributed by atoms with Crippen molar-refractivity contribution in [3.63, 3.8) is 0 Å². The van der Waals surface area contributed by atoms with Crippen molar-refractivity contribution in [2.24, 2.45) is 0 Å². The molecule has 7 nitrogen and oxygen atoms in total. The Bertz CT molecular complexity index is 1060. The largest absolute Gasteiger partial charge is 0.507 e. The Morgan fingerprint density at radius 1 is 1.12 bits per heavy atom. The van der Waals surface area contributed by atoms with Crippen LogP contribution in [-0.2, 0) is 4.79 Å². The van der Waals surface area contributed by atoms with Crippen molar-refractivity contribution < 1.29 is 19.8 Å². The van der Waals surface area contributed by atoms with Gasteiger partial charge in [-0.1, -0.05) is 13.8 Å². The summed E-state index contributed by atoms with van der Waals surface area (Å²) in [6, 6.07) is 2.83. The van der Waals surface area contributed by atoms with E-state index in [0.717, 1.165) is 18.1 Å². The summed E-state index contributed by atoms with van der Waals surface area (Å²) in [5, 5.41) is 21.9. The van der Waals surface area contributed by atoms with Crippen LogP contribution in [0.25, 0.3) is 0 Å². The number of hydrogen-bond acceptors (Lipinski definition) is 7. The normalized spacial score (nSPS) is 16.5. The Kier molecular flexibility index (Phi) is 7.05. The van der Waals surface area contributed by atoms with Gasteiger partial charge in [0.1, 0.15) is 5.75 Å². The maximum Gasteiger partial charge on any atom is 0.290 e. The molecular formula is C24H31N3O4S. The second kappa shape index (κ2) is 9.42. The van der Waals surface area contributed by atoms with Gasteiger partial charge in [0.25, 0.3) is 5.91 Å². The zero-order valence-electron chi connectivity index (χ0n) is 19.5. The van der Waals surface area contributed by atoms with Gasteiger partial charge in [-0.2, -0.15) is 0 Å². The number of likely N-dealkylation sites (N-methyl/N-ethyl adjacent to an activating group) is 1. The van der Waals surface area contributed by atoms with Crippen molar-refractivity contribution in [3.8, 4) is 5.75 Å². The number of phenolic OH excluding ortho intramolecular Hbond substituents is 1. The quantitative estimate of drug-likeness (QED) is 0.582. The molecule has 1 aromatic heterocycles. The smallest absolute Gasteiger partial charge is 0.290 e. The molecule has 1 amide bonds. The van der Waals surface area contributed by atoms with Gasteiger partial charge in [0.05, 0.1) is 27.2 Å². The molecule has 1 atom stereocenters. The number of hydrogen-bond donors (Lipinski definition) is 2. The molecule has 0 saturated carbocycles. The number of aliphatic hydroxyl groups is 1. The van der Waals surface area contributed by atoms with Gasteiger partial charge >= 0.3 is 0 Å². The van der Waals surface area contributed by atoms with Crippen LogP contribution in [0, 0.1) is 27.7 Å². The van der Waals surface area contributed by atoms with Gasteiger partial charge in [0.2, 0.25) is 5.78 Å². The summed E-state index contributed by atoms with van der Waals surface area (Å²) >= 11 is 1.26. The first-order valence-electron chi connectivity index (χ1n) is 10.9. The van der Waals surface area contributed by atoms with Crippen LogP contribution < -0.4 is 0 Å². The Labute approximate surface area is 193 Å². The van der Waals surface area contributed by atoms with E-state index in [2.05, 4.69) is 23.7 Å². The van der Waals surface area contributed by atoms with E-state index in [-0.39, 0.29) is 17.1 Å². The second-order valence-electron chi connectivity index (χ2n) is 8.17. The molecular weight excluding hydrogens is 426 g/mol. The first-order valence-corrected chi connectivity index (χ1v) is 11.7. The Morgan fingerprint density at radius 2 is 1.72 bits per heavy atom. The van der Waals surface area contributed by atoms with Gasteiger partial charge in [-0.25, -0.2) is 4.98 Å². The third-order valence-corrected chi connectivity index (χ3v) is 7.11. The molecule has 1 aromatic carbocycles. The summed E-state index contributed by atoms with van der Waals surface area (Å²) in [5.41, 5.74) is 2.66. The number of benzene rings is 1. The number of carbonyl (C=O) groups is 2. The highest BCUT2D eigenvalue weighted by atomic mass is 32.1. The van der Waals surface area contributed by atoms with Crippen molar-refractivity contribution in [2.75, 3.05) is 26.2 Å². The average molecular weight is 458 g/mol. The molecule has 2 N–H and O–H groups in total. The molecule has 0 radical (unpaired) electrons. The Morgan fingerprint density at radius 3 is 2.22 bits per heavy atom. The van der Waals surface area contributed by atoms with E-state index < -0.39 is 17.7 Å². The molecule has 0 saturated heterocycles. The van der Waals surface area contributed by atoms with Crippen LogP contribution in [0.4, 0.5) is 0 Å². The fourth-order valence-corrected chi connectivity index (χ4v) is 5.14. The van der Waals surface area contributed by atoms with Crippen LogP contribution in [0.15, 0.2) is 23.5 Å². The number of ketones is 1. The standard InChI is InChI=1S/C24H31N3O4S/c1-7-26(8-2)9-10-27-19(17-11-13(3)20(28)14(4)12-17)18(22(30)24(27)31)21(29)23-15(5)25-16(6)32-23/h11-12,19,28,30H,7-10H2,1-6H3. The number of phenols is 1. The molecule has 2 aromatic rings. The number of amides is 1. The fraction of sp³-hybridized carbons (Fsp3) is 0.458. The van der Waals surface area contributed by atoms with Crippen LogP contribution in [0.2, 0.25) is 0 Å². The zero-order chi connectivity index (χ0) is 23.7. The molecule has 1 aliphatic heterocycles. The fourth-order valence-electron chi connectivity index (χ4n) is 4.26. The topological polar surface area (TPSA) is 94.0 Å². The van der Waals surface area contributed by atoms with E-state index in [1.54, 1.807) is 37.8 Å². The SMILES string of the molecule is CCN(CC)CCN1C(=O)C(O)=C(C(=O)c2sc(C)nc2C)C1c1cc(C)c(O)c(C)c1. The van der Waals surface area contributed by atoms with Gasteiger partial charge in [-0.3, -0.25) is 9.59 Å². The first kappa shape index (κ1) is 23.9. The van der Waals surface area contributed by atoms with Crippen LogP contribution in [-0.4, -0.2) is 62.9 Å². The van der Waals surface area contributed by atoms with Gasteiger partial charge in [0.15, 0.2) is 5.76 Å². The van der Waals surface area contributed by atoms with Gasteiger partial charge in [-0.05, 0) is 69.6 Å². The first-order chi connectivity index (χ1) is 15.1. The third kappa shape index (κ3) is 4.29. The summed E-state index contributed by atoms with van der Waals surface area (Å²) in [7, 11) is 0. The molecule has 1 unspecified atom stereocenters. The zero-order valence-corrected chi connectivity index (χ0v) is 20.3. The number of carbonyl (C=O) groups excluding carboxylic acids is 2. The van der Waals surface area contributed by atoms with Gasteiger partial charge in [-0.15, -0.1) is 11.3 Å². The van der Waals surface area contributed by atoms with Crippen LogP contribution in [0.1, 0.15) is 57.0 Å². The molecule has 2 heterocycles. The molecule has 0 fully saturated rings. The molecule has 1 aliphatic rings. The lowest BCUT2D eigenvalue weighted by Crippen LogP contribution is -2.38. The highest BCUT2D eigenvalue weighted by Gasteiger charge is 2.44. The van der Waals surface area contributed by atoms with E-state index in [1.807, 2.05) is 6.92 Å². The number of thiazole rings is 1. The van der Waals surface area contributed by atoms with Crippen LogP contribution in [0.3, 0.4) is 0 Å². The summed E-state index contributed by atoms with van der Waals surface area (Å²) in [6.07, 6.45) is 0. The van der Waals surface area contributed by atoms with Crippen molar-refractivity contribution >= 4 is 23.0 Å². The molecule has 3 rings (SSSR count). The Balaban J connectivity index is 2.11. The summed E-state index contributed by atoms with van der Waals surface area (Å²) in [4.78, 5) is 35.2. The predicted molar refractivity (Wildman–Crippen MR) is 125 cm³/mol. The average Bonchev–Trinajstić information content (AvgIpc) is 3.22. The molecule has 0 aliphatic carbocycles. The summed E-state index contributed by atoms with van der Waals surface area (Å²) in [6.45, 7) is 13.9. The minimum atomic E-state index is -0.731. The van der Waals surface area contributed by atoms with E-state index in [1.165, 1.54) is 11.3 Å². The van der Waals surface area contributed by atoms with Crippen molar-refractivity contribution in [3.05, 3.63) is 55.7 Å². The van der Waals surface area contributed by atoms with E-state index in [9.17, 15) is 19.8 Å². The van der Waals surface area contributed by atoms with E-state index in [4.69, 9.17) is 0 Å². The number of aromatic hydroxyl groups is 1. The Hall–Kier alpha value is -2.71. The minimum Gasteiger partial charge on any atom is -0.507 e. The number of aryl methyl sites for hydroxylation is 4. The molecule has 32 heavy (non-hydrogen) atoms. The second-order valence-corrected chi connectivity index (χ2v) is 9.37. The maximum atomic E-state index is 13.6. The monoisotopic (exact) mass is 457 g/mol. The lowest BCUT2D eigenvalue weighted by Gasteiger charge is -2.29. The molecule has 8 heteroatoms. The van der Waals surface area contributed by atoms with Crippen molar-refractivity contribution in [1.82, 2.24) is 14.8 Å². The van der Waals surface area contributed by atoms with E-state index in [0.29, 0.717) is 40.4 Å².